The SMILES string of the molecule is O=S(=O)(O)C(c1ccc(O)cc1)(c1ccc(Cl)cc1O)c1ccc(Cl)c(Cl)c1Cl. The Morgan fingerprint density at radius 1 is 0.759 bits per heavy atom. The van der Waals surface area contributed by atoms with Crippen LogP contribution in [0.2, 0.25) is 20.1 Å². The van der Waals surface area contributed by atoms with Gasteiger partial charge in [0.25, 0.3) is 10.1 Å². The Morgan fingerprint density at radius 3 is 1.90 bits per heavy atom. The molecule has 0 saturated heterocycles. The maximum atomic E-state index is 12.9. The average molecular weight is 494 g/mol. The molecule has 3 N–H and O–H groups in total. The Kier molecular flexibility index (Phi) is 5.98. The Balaban J connectivity index is 2.59. The van der Waals surface area contributed by atoms with Crippen LogP contribution in [0.5, 0.6) is 11.5 Å². The lowest BCUT2D eigenvalue weighted by Crippen LogP contribution is -2.38. The van der Waals surface area contributed by atoms with Crippen LogP contribution in [0, 0.1) is 0 Å². The van der Waals surface area contributed by atoms with E-state index < -0.39 is 20.6 Å². The molecule has 0 aliphatic carbocycles. The molecule has 1 unspecified atom stereocenters. The third-order valence-electron chi connectivity index (χ3n) is 4.41. The number of rotatable bonds is 4. The van der Waals surface area contributed by atoms with Crippen LogP contribution in [0.4, 0.5) is 0 Å². The molecule has 0 spiro atoms. The molecule has 0 aliphatic heterocycles. The summed E-state index contributed by atoms with van der Waals surface area (Å²) in [6, 6.07) is 11.3. The summed E-state index contributed by atoms with van der Waals surface area (Å²) in [5.41, 5.74) is -0.398. The van der Waals surface area contributed by atoms with Crippen LogP contribution in [0.25, 0.3) is 0 Å². The fourth-order valence-electron chi connectivity index (χ4n) is 3.18. The number of hydrogen-bond acceptors (Lipinski definition) is 4. The summed E-state index contributed by atoms with van der Waals surface area (Å²) in [6.45, 7) is 0. The van der Waals surface area contributed by atoms with E-state index in [1.165, 1.54) is 48.5 Å². The van der Waals surface area contributed by atoms with Crippen LogP contribution >= 0.6 is 46.4 Å². The molecule has 3 rings (SSSR count). The van der Waals surface area contributed by atoms with E-state index in [4.69, 9.17) is 46.4 Å². The van der Waals surface area contributed by atoms with Gasteiger partial charge in [0.05, 0.1) is 15.1 Å². The second kappa shape index (κ2) is 7.87. The number of aromatic hydroxyl groups is 2. The summed E-state index contributed by atoms with van der Waals surface area (Å²) < 4.78 is 33.9. The Hall–Kier alpha value is -1.67. The standard InChI is InChI=1S/C19H12Cl4O5S/c20-11-3-6-13(16(25)9-11)19(29(26,27)28,10-1-4-12(24)5-2-10)14-7-8-15(21)18(23)17(14)22/h1-9,24-25H,(H,26,27,28). The number of phenolic OH excluding ortho intramolecular Hbond substituents is 2. The van der Waals surface area contributed by atoms with Crippen LogP contribution < -0.4 is 0 Å². The highest BCUT2D eigenvalue weighted by Crippen LogP contribution is 2.51. The summed E-state index contributed by atoms with van der Waals surface area (Å²) >= 11 is 24.4. The molecular formula is C19H12Cl4O5S. The van der Waals surface area contributed by atoms with Gasteiger partial charge >= 0.3 is 0 Å². The van der Waals surface area contributed by atoms with Gasteiger partial charge in [0.2, 0.25) is 0 Å². The van der Waals surface area contributed by atoms with Crippen molar-refractivity contribution in [1.29, 1.82) is 0 Å². The quantitative estimate of drug-likeness (QED) is 0.239. The lowest BCUT2D eigenvalue weighted by atomic mass is 9.83. The predicted molar refractivity (Wildman–Crippen MR) is 114 cm³/mol. The zero-order valence-electron chi connectivity index (χ0n) is 14.3. The molecule has 1 atom stereocenters. The summed E-state index contributed by atoms with van der Waals surface area (Å²) in [6.07, 6.45) is 0. The molecule has 0 fully saturated rings. The van der Waals surface area contributed by atoms with Gasteiger partial charge in [0, 0.05) is 16.1 Å². The van der Waals surface area contributed by atoms with E-state index in [1.807, 2.05) is 0 Å². The maximum absolute atomic E-state index is 12.9. The Labute approximate surface area is 186 Å². The first-order chi connectivity index (χ1) is 13.5. The molecule has 0 heterocycles. The van der Waals surface area contributed by atoms with Gasteiger partial charge in [0.15, 0.2) is 4.75 Å². The van der Waals surface area contributed by atoms with E-state index >= 15 is 0 Å². The molecule has 0 aliphatic rings. The van der Waals surface area contributed by atoms with Crippen molar-refractivity contribution >= 4 is 56.5 Å². The van der Waals surface area contributed by atoms with Gasteiger partial charge < -0.3 is 10.2 Å². The largest absolute Gasteiger partial charge is 0.508 e. The van der Waals surface area contributed by atoms with Crippen molar-refractivity contribution in [2.24, 2.45) is 0 Å². The smallest absolute Gasteiger partial charge is 0.283 e. The normalized spacial score (nSPS) is 13.8. The zero-order chi connectivity index (χ0) is 21.6. The summed E-state index contributed by atoms with van der Waals surface area (Å²) in [7, 11) is -5.06. The highest BCUT2D eigenvalue weighted by atomic mass is 35.5. The van der Waals surface area contributed by atoms with Crippen LogP contribution in [-0.2, 0) is 14.9 Å². The van der Waals surface area contributed by atoms with E-state index in [0.29, 0.717) is 0 Å². The van der Waals surface area contributed by atoms with Gasteiger partial charge in [-0.15, -0.1) is 0 Å². The zero-order valence-corrected chi connectivity index (χ0v) is 18.1. The van der Waals surface area contributed by atoms with E-state index in [9.17, 15) is 23.2 Å². The number of benzene rings is 3. The summed E-state index contributed by atoms with van der Waals surface area (Å²) in [4.78, 5) is 0. The van der Waals surface area contributed by atoms with Gasteiger partial charge in [-0.3, -0.25) is 4.55 Å². The van der Waals surface area contributed by atoms with Crippen LogP contribution in [-0.4, -0.2) is 23.2 Å². The first-order valence-corrected chi connectivity index (χ1v) is 10.8. The van der Waals surface area contributed by atoms with Crippen molar-refractivity contribution in [3.8, 4) is 11.5 Å². The third-order valence-corrected chi connectivity index (χ3v) is 7.39. The second-order valence-corrected chi connectivity index (χ2v) is 9.25. The molecule has 3 aromatic rings. The molecule has 0 saturated carbocycles. The van der Waals surface area contributed by atoms with Crippen molar-refractivity contribution in [3.05, 3.63) is 91.4 Å². The monoisotopic (exact) mass is 492 g/mol. The molecular weight excluding hydrogens is 482 g/mol. The van der Waals surface area contributed by atoms with Crippen molar-refractivity contribution in [2.45, 2.75) is 4.75 Å². The van der Waals surface area contributed by atoms with Crippen LogP contribution in [0.15, 0.2) is 54.6 Å². The molecule has 29 heavy (non-hydrogen) atoms. The fourth-order valence-corrected chi connectivity index (χ4v) is 5.41. The van der Waals surface area contributed by atoms with E-state index in [-0.39, 0.29) is 42.5 Å². The predicted octanol–water partition coefficient (Wildman–Crippen LogP) is 5.89. The Morgan fingerprint density at radius 2 is 1.34 bits per heavy atom. The number of hydrogen-bond donors (Lipinski definition) is 3. The van der Waals surface area contributed by atoms with Crippen LogP contribution in [0.3, 0.4) is 0 Å². The lowest BCUT2D eigenvalue weighted by Gasteiger charge is -2.34. The molecule has 0 aromatic heterocycles. The minimum atomic E-state index is -5.06. The van der Waals surface area contributed by atoms with Crippen molar-refractivity contribution in [2.75, 3.05) is 0 Å². The second-order valence-electron chi connectivity index (χ2n) is 6.09. The Bertz CT molecular complexity index is 1200. The molecule has 3 aromatic carbocycles. The van der Waals surface area contributed by atoms with Gasteiger partial charge in [0.1, 0.15) is 11.5 Å². The van der Waals surface area contributed by atoms with Gasteiger partial charge in [-0.1, -0.05) is 70.7 Å². The number of phenols is 2. The van der Waals surface area contributed by atoms with Crippen molar-refractivity contribution < 1.29 is 23.2 Å². The fraction of sp³-hybridized carbons (Fsp3) is 0.0526. The van der Waals surface area contributed by atoms with E-state index in [0.717, 1.165) is 6.07 Å². The van der Waals surface area contributed by atoms with E-state index in [1.54, 1.807) is 0 Å². The summed E-state index contributed by atoms with van der Waals surface area (Å²) in [5, 5.41) is 20.1. The molecule has 0 amide bonds. The van der Waals surface area contributed by atoms with E-state index in [2.05, 4.69) is 0 Å². The molecule has 5 nitrogen and oxygen atoms in total. The molecule has 152 valence electrons. The maximum Gasteiger partial charge on any atom is 0.283 e. The number of halogens is 4. The first-order valence-electron chi connectivity index (χ1n) is 7.89. The van der Waals surface area contributed by atoms with Gasteiger partial charge in [-0.2, -0.15) is 8.42 Å². The minimum absolute atomic E-state index is 0.0179. The van der Waals surface area contributed by atoms with Gasteiger partial charge in [-0.25, -0.2) is 0 Å². The highest BCUT2D eigenvalue weighted by Gasteiger charge is 2.51. The topological polar surface area (TPSA) is 94.8 Å². The minimum Gasteiger partial charge on any atom is -0.508 e. The third kappa shape index (κ3) is 3.65. The molecule has 10 heteroatoms. The lowest BCUT2D eigenvalue weighted by molar-refractivity contribution is 0.440. The molecule has 0 bridgehead atoms. The van der Waals surface area contributed by atoms with Gasteiger partial charge in [-0.05, 0) is 35.9 Å². The molecule has 0 radical (unpaired) electrons. The highest BCUT2D eigenvalue weighted by molar-refractivity contribution is 7.87. The van der Waals surface area contributed by atoms with Crippen molar-refractivity contribution in [1.82, 2.24) is 0 Å². The van der Waals surface area contributed by atoms with Crippen molar-refractivity contribution in [3.63, 3.8) is 0 Å². The summed E-state index contributed by atoms with van der Waals surface area (Å²) in [5.74, 6) is -0.649. The van der Waals surface area contributed by atoms with Crippen LogP contribution in [0.1, 0.15) is 16.7 Å². The first kappa shape index (κ1) is 22.0. The average Bonchev–Trinajstić information content (AvgIpc) is 2.63.